The molecule has 0 fully saturated rings. The number of rotatable bonds is 7. The molecular formula is C16H27ClN2O. The van der Waals surface area contributed by atoms with E-state index in [-0.39, 0.29) is 24.4 Å². The highest BCUT2D eigenvalue weighted by atomic mass is 35.5. The van der Waals surface area contributed by atoms with Crippen molar-refractivity contribution in [3.63, 3.8) is 0 Å². The summed E-state index contributed by atoms with van der Waals surface area (Å²) in [5, 5.41) is 6.08. The van der Waals surface area contributed by atoms with E-state index in [0.29, 0.717) is 12.3 Å². The van der Waals surface area contributed by atoms with Crippen LogP contribution in [0.5, 0.6) is 0 Å². The van der Waals surface area contributed by atoms with Gasteiger partial charge in [-0.1, -0.05) is 38.1 Å². The van der Waals surface area contributed by atoms with Gasteiger partial charge in [0.1, 0.15) is 0 Å². The monoisotopic (exact) mass is 298 g/mol. The highest BCUT2D eigenvalue weighted by Gasteiger charge is 2.09. The van der Waals surface area contributed by atoms with Crippen molar-refractivity contribution in [1.82, 2.24) is 10.6 Å². The molecule has 114 valence electrons. The normalized spacial score (nSPS) is 11.8. The van der Waals surface area contributed by atoms with Gasteiger partial charge < -0.3 is 10.6 Å². The third-order valence-electron chi connectivity index (χ3n) is 3.31. The highest BCUT2D eigenvalue weighted by Crippen LogP contribution is 2.18. The number of hydrogen-bond acceptors (Lipinski definition) is 2. The van der Waals surface area contributed by atoms with Gasteiger partial charge in [-0.15, -0.1) is 12.4 Å². The topological polar surface area (TPSA) is 41.1 Å². The van der Waals surface area contributed by atoms with Gasteiger partial charge in [-0.3, -0.25) is 4.79 Å². The molecule has 0 aliphatic heterocycles. The Morgan fingerprint density at radius 3 is 2.15 bits per heavy atom. The summed E-state index contributed by atoms with van der Waals surface area (Å²) in [6, 6.07) is 8.57. The van der Waals surface area contributed by atoms with Gasteiger partial charge in [0.25, 0.3) is 0 Å². The third-order valence-corrected chi connectivity index (χ3v) is 3.31. The second-order valence-electron chi connectivity index (χ2n) is 5.32. The Balaban J connectivity index is 0.00000361. The molecule has 0 bridgehead atoms. The van der Waals surface area contributed by atoms with Crippen molar-refractivity contribution in [3.05, 3.63) is 35.4 Å². The van der Waals surface area contributed by atoms with E-state index in [1.165, 1.54) is 5.56 Å². The van der Waals surface area contributed by atoms with Crippen molar-refractivity contribution >= 4 is 18.3 Å². The lowest BCUT2D eigenvalue weighted by Gasteiger charge is -2.15. The van der Waals surface area contributed by atoms with Gasteiger partial charge in [0.15, 0.2) is 0 Å². The minimum atomic E-state index is 0. The first-order valence-electron chi connectivity index (χ1n) is 7.08. The molecule has 1 aromatic carbocycles. The number of nitrogens with one attached hydrogen (secondary N) is 2. The van der Waals surface area contributed by atoms with E-state index in [0.717, 1.165) is 18.5 Å². The minimum Gasteiger partial charge on any atom is -0.350 e. The summed E-state index contributed by atoms with van der Waals surface area (Å²) in [7, 11) is 1.90. The number of hydrogen-bond donors (Lipinski definition) is 2. The molecular weight excluding hydrogens is 272 g/mol. The van der Waals surface area contributed by atoms with Crippen LogP contribution >= 0.6 is 12.4 Å². The van der Waals surface area contributed by atoms with Crippen molar-refractivity contribution in [2.24, 2.45) is 0 Å². The van der Waals surface area contributed by atoms with E-state index in [1.54, 1.807) is 0 Å². The van der Waals surface area contributed by atoms with E-state index < -0.39 is 0 Å². The fourth-order valence-corrected chi connectivity index (χ4v) is 1.99. The predicted molar refractivity (Wildman–Crippen MR) is 87.5 cm³/mol. The molecule has 0 aromatic heterocycles. The number of amides is 1. The lowest BCUT2D eigenvalue weighted by Crippen LogP contribution is -2.27. The van der Waals surface area contributed by atoms with Crippen molar-refractivity contribution in [2.45, 2.75) is 45.6 Å². The van der Waals surface area contributed by atoms with Crippen molar-refractivity contribution in [1.29, 1.82) is 0 Å². The second kappa shape index (κ2) is 9.78. The summed E-state index contributed by atoms with van der Waals surface area (Å²) in [5.74, 6) is 0.663. The van der Waals surface area contributed by atoms with Crippen LogP contribution in [0.15, 0.2) is 24.3 Å². The smallest absolute Gasteiger partial charge is 0.220 e. The first-order chi connectivity index (χ1) is 9.04. The Labute approximate surface area is 128 Å². The SMILES string of the molecule is CNCCCC(=O)NC(C)c1ccc(C(C)C)cc1.Cl. The van der Waals surface area contributed by atoms with E-state index in [4.69, 9.17) is 0 Å². The summed E-state index contributed by atoms with van der Waals surface area (Å²) in [6.07, 6.45) is 1.45. The average Bonchev–Trinajstić information content (AvgIpc) is 2.39. The van der Waals surface area contributed by atoms with Crippen LogP contribution in [0.4, 0.5) is 0 Å². The van der Waals surface area contributed by atoms with E-state index in [9.17, 15) is 4.79 Å². The molecule has 1 rings (SSSR count). The molecule has 4 heteroatoms. The molecule has 0 spiro atoms. The maximum Gasteiger partial charge on any atom is 0.220 e. The zero-order valence-corrected chi connectivity index (χ0v) is 13.7. The molecule has 0 radical (unpaired) electrons. The molecule has 1 atom stereocenters. The molecule has 3 nitrogen and oxygen atoms in total. The summed E-state index contributed by atoms with van der Waals surface area (Å²) < 4.78 is 0. The lowest BCUT2D eigenvalue weighted by atomic mass is 9.99. The first-order valence-corrected chi connectivity index (χ1v) is 7.08. The summed E-state index contributed by atoms with van der Waals surface area (Å²) >= 11 is 0. The fraction of sp³-hybridized carbons (Fsp3) is 0.562. The molecule has 0 saturated heterocycles. The molecule has 0 aliphatic carbocycles. The number of carbonyl (C=O) groups excluding carboxylic acids is 1. The van der Waals surface area contributed by atoms with E-state index in [2.05, 4.69) is 48.7 Å². The van der Waals surface area contributed by atoms with Gasteiger partial charge in [0, 0.05) is 6.42 Å². The van der Waals surface area contributed by atoms with Gasteiger partial charge in [-0.05, 0) is 44.0 Å². The van der Waals surface area contributed by atoms with Crippen LogP contribution in [-0.2, 0) is 4.79 Å². The molecule has 1 amide bonds. The third kappa shape index (κ3) is 6.40. The van der Waals surface area contributed by atoms with Crippen LogP contribution in [0.3, 0.4) is 0 Å². The van der Waals surface area contributed by atoms with Crippen LogP contribution in [0.25, 0.3) is 0 Å². The number of benzene rings is 1. The first kappa shape index (κ1) is 18.9. The Morgan fingerprint density at radius 1 is 1.10 bits per heavy atom. The van der Waals surface area contributed by atoms with E-state index in [1.807, 2.05) is 14.0 Å². The van der Waals surface area contributed by atoms with Gasteiger partial charge in [-0.25, -0.2) is 0 Å². The Morgan fingerprint density at radius 2 is 1.65 bits per heavy atom. The summed E-state index contributed by atoms with van der Waals surface area (Å²) in [5.41, 5.74) is 2.49. The van der Waals surface area contributed by atoms with Crippen molar-refractivity contribution in [2.75, 3.05) is 13.6 Å². The predicted octanol–water partition coefficient (Wildman–Crippen LogP) is 3.41. The highest BCUT2D eigenvalue weighted by molar-refractivity contribution is 5.85. The molecule has 1 unspecified atom stereocenters. The zero-order valence-electron chi connectivity index (χ0n) is 12.9. The number of carbonyl (C=O) groups is 1. The van der Waals surface area contributed by atoms with Gasteiger partial charge >= 0.3 is 0 Å². The maximum absolute atomic E-state index is 11.7. The van der Waals surface area contributed by atoms with Crippen LogP contribution in [0.2, 0.25) is 0 Å². The maximum atomic E-state index is 11.7. The van der Waals surface area contributed by atoms with Crippen LogP contribution in [-0.4, -0.2) is 19.5 Å². The molecule has 1 aromatic rings. The zero-order chi connectivity index (χ0) is 14.3. The van der Waals surface area contributed by atoms with Crippen LogP contribution in [0, 0.1) is 0 Å². The Kier molecular flexibility index (Phi) is 9.26. The fourth-order valence-electron chi connectivity index (χ4n) is 1.99. The van der Waals surface area contributed by atoms with E-state index >= 15 is 0 Å². The summed E-state index contributed by atoms with van der Waals surface area (Å²) in [6.45, 7) is 7.27. The van der Waals surface area contributed by atoms with Crippen molar-refractivity contribution < 1.29 is 4.79 Å². The van der Waals surface area contributed by atoms with Crippen LogP contribution < -0.4 is 10.6 Å². The summed E-state index contributed by atoms with van der Waals surface area (Å²) in [4.78, 5) is 11.7. The van der Waals surface area contributed by atoms with Crippen molar-refractivity contribution in [3.8, 4) is 0 Å². The average molecular weight is 299 g/mol. The molecule has 20 heavy (non-hydrogen) atoms. The molecule has 0 aliphatic rings. The molecule has 0 heterocycles. The quantitative estimate of drug-likeness (QED) is 0.758. The standard InChI is InChI=1S/C16H26N2O.ClH/c1-12(2)14-7-9-15(10-8-14)13(3)18-16(19)6-5-11-17-4;/h7-10,12-13,17H,5-6,11H2,1-4H3,(H,18,19);1H. The van der Waals surface area contributed by atoms with Gasteiger partial charge in [-0.2, -0.15) is 0 Å². The minimum absolute atomic E-state index is 0. The Bertz CT molecular complexity index is 390. The van der Waals surface area contributed by atoms with Gasteiger partial charge in [0.2, 0.25) is 5.91 Å². The largest absolute Gasteiger partial charge is 0.350 e. The molecule has 0 saturated carbocycles. The van der Waals surface area contributed by atoms with Gasteiger partial charge in [0.05, 0.1) is 6.04 Å². The van der Waals surface area contributed by atoms with Crippen LogP contribution in [0.1, 0.15) is 56.7 Å². The molecule has 2 N–H and O–H groups in total. The number of halogens is 1. The lowest BCUT2D eigenvalue weighted by molar-refractivity contribution is -0.121. The Hall–Kier alpha value is -1.06. The second-order valence-corrected chi connectivity index (χ2v) is 5.32.